The highest BCUT2D eigenvalue weighted by Gasteiger charge is 2.15. The molecule has 178 valence electrons. The molecule has 6 N–H and O–H groups in total. The molecule has 0 amide bonds. The van der Waals surface area contributed by atoms with Crippen molar-refractivity contribution in [1.82, 2.24) is 30.4 Å². The zero-order chi connectivity index (χ0) is 25.8. The second kappa shape index (κ2) is 9.52. The molecule has 3 heterocycles. The average Bonchev–Trinajstić information content (AvgIpc) is 3.48. The summed E-state index contributed by atoms with van der Waals surface area (Å²) in [5.74, 6) is 0.431. The number of hydrogen-bond donors (Lipinski definition) is 4. The zero-order valence-corrected chi connectivity index (χ0v) is 18.1. The number of anilines is 2. The topological polar surface area (TPSA) is 226 Å². The highest BCUT2D eigenvalue weighted by atomic mass is 16.6. The molecule has 0 spiro atoms. The maximum Gasteiger partial charge on any atom is 0.269 e. The van der Waals surface area contributed by atoms with Gasteiger partial charge in [-0.05, 0) is 29.8 Å². The Hall–Kier alpha value is -5.91. The maximum absolute atomic E-state index is 10.6. The number of rotatable bonds is 4. The van der Waals surface area contributed by atoms with Crippen LogP contribution in [-0.2, 0) is 0 Å². The molecule has 0 fully saturated rings. The number of nitrogens with zero attached hydrogens (tertiary/aromatic N) is 7. The molecule has 0 saturated carbocycles. The number of fused-ring (bicyclic) bond motifs is 1. The molecule has 15 nitrogen and oxygen atoms in total. The molecule has 0 atom stereocenters. The summed E-state index contributed by atoms with van der Waals surface area (Å²) in [6.07, 6.45) is 1.33. The van der Waals surface area contributed by atoms with Crippen molar-refractivity contribution < 1.29 is 9.85 Å². The molecular formula is C21H15N11O4. The minimum atomic E-state index is -0.485. The summed E-state index contributed by atoms with van der Waals surface area (Å²) in [6, 6.07) is 11.9. The Kier molecular flexibility index (Phi) is 6.15. The fraction of sp³-hybridized carbons (Fsp3) is 0. The molecule has 0 saturated heterocycles. The van der Waals surface area contributed by atoms with E-state index < -0.39 is 9.85 Å². The summed E-state index contributed by atoms with van der Waals surface area (Å²) in [5, 5.41) is 34.9. The molecule has 2 aromatic carbocycles. The predicted octanol–water partition coefficient (Wildman–Crippen LogP) is 3.63. The van der Waals surface area contributed by atoms with Gasteiger partial charge in [-0.3, -0.25) is 30.4 Å². The number of aromatic nitrogens is 6. The van der Waals surface area contributed by atoms with Crippen molar-refractivity contribution in [3.8, 4) is 22.5 Å². The Bertz CT molecular complexity index is 1620. The van der Waals surface area contributed by atoms with Gasteiger partial charge < -0.3 is 11.5 Å². The first-order valence-corrected chi connectivity index (χ1v) is 9.95. The molecule has 0 radical (unpaired) electrons. The van der Waals surface area contributed by atoms with Crippen molar-refractivity contribution >= 4 is 39.7 Å². The minimum Gasteiger partial charge on any atom is -0.391 e. The van der Waals surface area contributed by atoms with E-state index in [1.165, 1.54) is 30.6 Å². The molecule has 0 unspecified atom stereocenters. The fourth-order valence-corrected chi connectivity index (χ4v) is 3.25. The summed E-state index contributed by atoms with van der Waals surface area (Å²) in [7, 11) is 0. The average molecular weight is 485 g/mol. The molecular weight excluding hydrogens is 470 g/mol. The van der Waals surface area contributed by atoms with E-state index in [1.807, 2.05) is 0 Å². The van der Waals surface area contributed by atoms with Crippen LogP contribution in [-0.4, -0.2) is 40.2 Å². The number of hydrogen-bond acceptors (Lipinski definition) is 10. The third-order valence-electron chi connectivity index (χ3n) is 4.99. The van der Waals surface area contributed by atoms with E-state index in [-0.39, 0.29) is 22.9 Å². The number of nitrogens with two attached hydrogens (primary N) is 2. The third-order valence-corrected chi connectivity index (χ3v) is 4.99. The van der Waals surface area contributed by atoms with E-state index in [0.717, 1.165) is 5.56 Å². The van der Waals surface area contributed by atoms with Crippen molar-refractivity contribution in [3.63, 3.8) is 0 Å². The Balaban J connectivity index is 0.000000170. The first-order chi connectivity index (χ1) is 17.3. The van der Waals surface area contributed by atoms with E-state index in [0.29, 0.717) is 33.8 Å². The van der Waals surface area contributed by atoms with E-state index >= 15 is 0 Å². The molecule has 0 aliphatic heterocycles. The van der Waals surface area contributed by atoms with Crippen molar-refractivity contribution in [2.75, 3.05) is 11.5 Å². The number of nitrogens with one attached hydrogen (secondary N) is 2. The van der Waals surface area contributed by atoms with E-state index in [9.17, 15) is 20.2 Å². The molecule has 15 heteroatoms. The van der Waals surface area contributed by atoms with Crippen molar-refractivity contribution in [2.45, 2.75) is 0 Å². The van der Waals surface area contributed by atoms with Crippen LogP contribution >= 0.6 is 0 Å². The first kappa shape index (κ1) is 23.3. The Morgan fingerprint density at radius 1 is 0.778 bits per heavy atom. The lowest BCUT2D eigenvalue weighted by Gasteiger charge is -2.00. The summed E-state index contributed by atoms with van der Waals surface area (Å²) in [5.41, 5.74) is 14.5. The number of nitro benzene ring substituents is 2. The number of H-pyrrole nitrogens is 2. The lowest BCUT2D eigenvalue weighted by Crippen LogP contribution is -1.92. The Morgan fingerprint density at radius 3 is 1.83 bits per heavy atom. The van der Waals surface area contributed by atoms with Gasteiger partial charge >= 0.3 is 0 Å². The molecule has 5 aromatic rings. The second-order valence-corrected chi connectivity index (χ2v) is 7.11. The number of benzene rings is 2. The van der Waals surface area contributed by atoms with E-state index in [1.54, 1.807) is 24.3 Å². The van der Waals surface area contributed by atoms with Crippen LogP contribution in [0.3, 0.4) is 0 Å². The normalized spacial score (nSPS) is 10.3. The number of aromatic amines is 2. The number of non-ortho nitro benzene ring substituents is 2. The van der Waals surface area contributed by atoms with Gasteiger partial charge in [-0.25, -0.2) is 14.8 Å². The van der Waals surface area contributed by atoms with Gasteiger partial charge in [-0.1, -0.05) is 0 Å². The van der Waals surface area contributed by atoms with Gasteiger partial charge in [0.1, 0.15) is 12.1 Å². The lowest BCUT2D eigenvalue weighted by atomic mass is 10.1. The largest absolute Gasteiger partial charge is 0.391 e. The Morgan fingerprint density at radius 2 is 1.31 bits per heavy atom. The molecule has 5 rings (SSSR count). The van der Waals surface area contributed by atoms with Gasteiger partial charge in [0.25, 0.3) is 17.1 Å². The van der Waals surface area contributed by atoms with Crippen LogP contribution in [0, 0.1) is 26.8 Å². The quantitative estimate of drug-likeness (QED) is 0.164. The SMILES string of the molecule is Nc1ncnc2n[nH]c(-c3ccc([N+](=O)[O-])cc3)c12.[C-]#[N+]c1c(N)n[nH]c1-c1ccc([N+](=O)[O-])cc1. The smallest absolute Gasteiger partial charge is 0.269 e. The van der Waals surface area contributed by atoms with Gasteiger partial charge in [0.2, 0.25) is 0 Å². The monoisotopic (exact) mass is 485 g/mol. The molecule has 0 bridgehead atoms. The van der Waals surface area contributed by atoms with Crippen LogP contribution in [0.2, 0.25) is 0 Å². The summed E-state index contributed by atoms with van der Waals surface area (Å²) >= 11 is 0. The molecule has 0 aliphatic rings. The van der Waals surface area contributed by atoms with Gasteiger partial charge in [0.15, 0.2) is 11.5 Å². The van der Waals surface area contributed by atoms with Crippen LogP contribution in [0.25, 0.3) is 38.4 Å². The van der Waals surface area contributed by atoms with Crippen LogP contribution in [0.5, 0.6) is 0 Å². The van der Waals surface area contributed by atoms with Crippen molar-refractivity contribution in [2.24, 2.45) is 0 Å². The van der Waals surface area contributed by atoms with Crippen LogP contribution in [0.15, 0.2) is 54.9 Å². The summed E-state index contributed by atoms with van der Waals surface area (Å²) in [6.45, 7) is 6.98. The molecule has 36 heavy (non-hydrogen) atoms. The van der Waals surface area contributed by atoms with E-state index in [4.69, 9.17) is 18.0 Å². The zero-order valence-electron chi connectivity index (χ0n) is 18.1. The van der Waals surface area contributed by atoms with Crippen LogP contribution in [0.4, 0.5) is 28.7 Å². The lowest BCUT2D eigenvalue weighted by molar-refractivity contribution is -0.385. The highest BCUT2D eigenvalue weighted by molar-refractivity contribution is 5.97. The van der Waals surface area contributed by atoms with Gasteiger partial charge in [0.05, 0.1) is 33.2 Å². The highest BCUT2D eigenvalue weighted by Crippen LogP contribution is 2.33. The minimum absolute atomic E-state index is 0.00870. The summed E-state index contributed by atoms with van der Waals surface area (Å²) < 4.78 is 0. The van der Waals surface area contributed by atoms with Gasteiger partial charge in [0, 0.05) is 29.8 Å². The fourth-order valence-electron chi connectivity index (χ4n) is 3.25. The van der Waals surface area contributed by atoms with Crippen molar-refractivity contribution in [3.05, 3.63) is 86.5 Å². The summed E-state index contributed by atoms with van der Waals surface area (Å²) in [4.78, 5) is 31.3. The van der Waals surface area contributed by atoms with E-state index in [2.05, 4.69) is 35.2 Å². The Labute approximate surface area is 200 Å². The number of nitrogen functional groups attached to an aromatic ring is 2. The number of nitro groups is 2. The molecule has 0 aliphatic carbocycles. The maximum atomic E-state index is 10.6. The molecule has 3 aromatic heterocycles. The first-order valence-electron chi connectivity index (χ1n) is 9.95. The van der Waals surface area contributed by atoms with Gasteiger partial charge in [-0.15, -0.1) is 0 Å². The standard InChI is InChI=1S/C11H8N6O2.C10H7N5O2/c12-10-8-9(15-16-11(8)14-5-13-10)6-1-3-7(4-2-6)17(18)19;1-12-9-8(13-14-10(9)11)6-2-4-7(5-3-6)15(16)17/h1-5H,(H3,12,13,14,15,16);2-5H,(H3,11,13,14). The predicted molar refractivity (Wildman–Crippen MR) is 130 cm³/mol. The van der Waals surface area contributed by atoms with Gasteiger partial charge in [-0.2, -0.15) is 10.2 Å². The van der Waals surface area contributed by atoms with Crippen LogP contribution < -0.4 is 11.5 Å². The van der Waals surface area contributed by atoms with Crippen LogP contribution in [0.1, 0.15) is 0 Å². The second-order valence-electron chi connectivity index (χ2n) is 7.11. The third kappa shape index (κ3) is 4.45. The van der Waals surface area contributed by atoms with Crippen molar-refractivity contribution in [1.29, 1.82) is 0 Å².